The SMILES string of the molecule is O=C(Nc1nnc2c(n1)[nH]c1ccc(S(=O)(=O)N3CCCC3)cc12)c1ccccc1. The molecule has 1 saturated heterocycles. The van der Waals surface area contributed by atoms with Crippen molar-refractivity contribution < 1.29 is 13.2 Å². The van der Waals surface area contributed by atoms with Gasteiger partial charge in [0.15, 0.2) is 5.65 Å². The van der Waals surface area contributed by atoms with Crippen LogP contribution in [0.5, 0.6) is 0 Å². The van der Waals surface area contributed by atoms with Gasteiger partial charge in [-0.05, 0) is 43.2 Å². The van der Waals surface area contributed by atoms with Gasteiger partial charge in [-0.3, -0.25) is 10.1 Å². The van der Waals surface area contributed by atoms with Gasteiger partial charge in [0, 0.05) is 29.6 Å². The van der Waals surface area contributed by atoms with Crippen molar-refractivity contribution in [3.63, 3.8) is 0 Å². The van der Waals surface area contributed by atoms with Crippen molar-refractivity contribution in [1.82, 2.24) is 24.5 Å². The van der Waals surface area contributed by atoms with Crippen LogP contribution in [-0.4, -0.2) is 51.9 Å². The number of hydrogen-bond donors (Lipinski definition) is 2. The summed E-state index contributed by atoms with van der Waals surface area (Å²) in [5.74, 6) is -0.278. The lowest BCUT2D eigenvalue weighted by Gasteiger charge is -2.15. The molecule has 4 aromatic rings. The molecule has 2 aromatic heterocycles. The number of aromatic nitrogens is 4. The van der Waals surface area contributed by atoms with E-state index in [4.69, 9.17) is 0 Å². The van der Waals surface area contributed by atoms with Gasteiger partial charge in [0.05, 0.1) is 4.90 Å². The van der Waals surface area contributed by atoms with E-state index in [1.165, 1.54) is 4.31 Å². The number of carbonyl (C=O) groups is 1. The highest BCUT2D eigenvalue weighted by molar-refractivity contribution is 7.89. The molecule has 0 spiro atoms. The summed E-state index contributed by atoms with van der Waals surface area (Å²) in [6.45, 7) is 1.08. The number of benzene rings is 2. The van der Waals surface area contributed by atoms with Crippen LogP contribution in [0, 0.1) is 0 Å². The van der Waals surface area contributed by atoms with Crippen LogP contribution in [0.15, 0.2) is 53.4 Å². The average molecular weight is 422 g/mol. The minimum Gasteiger partial charge on any atom is -0.338 e. The number of carbonyl (C=O) groups excluding carboxylic acids is 1. The number of fused-ring (bicyclic) bond motifs is 3. The van der Waals surface area contributed by atoms with E-state index in [0.717, 1.165) is 12.8 Å². The summed E-state index contributed by atoms with van der Waals surface area (Å²) in [5, 5.41) is 11.4. The molecule has 0 aliphatic carbocycles. The highest BCUT2D eigenvalue weighted by Crippen LogP contribution is 2.28. The minimum atomic E-state index is -3.54. The average Bonchev–Trinajstić information content (AvgIpc) is 3.42. The number of amides is 1. The van der Waals surface area contributed by atoms with Gasteiger partial charge >= 0.3 is 0 Å². The first kappa shape index (κ1) is 18.6. The summed E-state index contributed by atoms with van der Waals surface area (Å²) in [6, 6.07) is 13.6. The maximum absolute atomic E-state index is 12.9. The third-order valence-corrected chi connectivity index (χ3v) is 7.04. The molecule has 0 atom stereocenters. The molecule has 1 fully saturated rings. The Labute approximate surface area is 172 Å². The number of H-pyrrole nitrogens is 1. The molecular weight excluding hydrogens is 404 g/mol. The third-order valence-electron chi connectivity index (χ3n) is 5.15. The summed E-state index contributed by atoms with van der Waals surface area (Å²) >= 11 is 0. The molecule has 3 heterocycles. The van der Waals surface area contributed by atoms with Crippen molar-refractivity contribution in [3.8, 4) is 0 Å². The van der Waals surface area contributed by atoms with Crippen molar-refractivity contribution in [1.29, 1.82) is 0 Å². The predicted molar refractivity (Wildman–Crippen MR) is 112 cm³/mol. The summed E-state index contributed by atoms with van der Waals surface area (Å²) in [7, 11) is -3.54. The summed E-state index contributed by atoms with van der Waals surface area (Å²) in [6.07, 6.45) is 1.75. The molecule has 1 amide bonds. The second-order valence-corrected chi connectivity index (χ2v) is 9.03. The Morgan fingerprint density at radius 3 is 2.57 bits per heavy atom. The lowest BCUT2D eigenvalue weighted by Crippen LogP contribution is -2.27. The number of nitrogens with one attached hydrogen (secondary N) is 2. The first-order chi connectivity index (χ1) is 14.5. The molecule has 2 N–H and O–H groups in total. The number of sulfonamides is 1. The maximum atomic E-state index is 12.9. The van der Waals surface area contributed by atoms with Gasteiger partial charge in [0.1, 0.15) is 5.52 Å². The number of nitrogens with zero attached hydrogens (tertiary/aromatic N) is 4. The molecule has 2 aromatic carbocycles. The van der Waals surface area contributed by atoms with Crippen molar-refractivity contribution in [2.24, 2.45) is 0 Å². The van der Waals surface area contributed by atoms with Crippen molar-refractivity contribution in [2.45, 2.75) is 17.7 Å². The van der Waals surface area contributed by atoms with Gasteiger partial charge in [-0.15, -0.1) is 10.2 Å². The fourth-order valence-corrected chi connectivity index (χ4v) is 5.15. The van der Waals surface area contributed by atoms with Gasteiger partial charge in [-0.25, -0.2) is 8.42 Å². The van der Waals surface area contributed by atoms with E-state index in [-0.39, 0.29) is 16.8 Å². The van der Waals surface area contributed by atoms with E-state index < -0.39 is 10.0 Å². The molecule has 0 saturated carbocycles. The predicted octanol–water partition coefficient (Wildman–Crippen LogP) is 2.54. The summed E-state index contributed by atoms with van der Waals surface area (Å²) in [5.41, 5.74) is 2.04. The molecule has 1 aliphatic rings. The Hall–Kier alpha value is -3.37. The topological polar surface area (TPSA) is 121 Å². The van der Waals surface area contributed by atoms with Gasteiger partial charge in [-0.1, -0.05) is 18.2 Å². The Bertz CT molecular complexity index is 1360. The Balaban J connectivity index is 1.50. The molecular formula is C20H18N6O3S. The van der Waals surface area contributed by atoms with Gasteiger partial charge in [0.2, 0.25) is 10.0 Å². The van der Waals surface area contributed by atoms with Crippen LogP contribution in [0.3, 0.4) is 0 Å². The largest absolute Gasteiger partial charge is 0.338 e. The molecule has 0 bridgehead atoms. The Morgan fingerprint density at radius 2 is 1.80 bits per heavy atom. The number of hydrogen-bond acceptors (Lipinski definition) is 6. The van der Waals surface area contributed by atoms with Crippen molar-refractivity contribution in [2.75, 3.05) is 18.4 Å². The lowest BCUT2D eigenvalue weighted by molar-refractivity contribution is 0.102. The highest BCUT2D eigenvalue weighted by Gasteiger charge is 2.27. The molecule has 152 valence electrons. The fraction of sp³-hybridized carbons (Fsp3) is 0.200. The third kappa shape index (κ3) is 3.19. The van der Waals surface area contributed by atoms with Gasteiger partial charge in [-0.2, -0.15) is 9.29 Å². The molecule has 5 rings (SSSR count). The van der Waals surface area contributed by atoms with Crippen LogP contribution in [-0.2, 0) is 10.0 Å². The van der Waals surface area contributed by atoms with Crippen LogP contribution < -0.4 is 5.32 Å². The van der Waals surface area contributed by atoms with E-state index in [1.807, 2.05) is 6.07 Å². The summed E-state index contributed by atoms with van der Waals surface area (Å²) < 4.78 is 27.2. The zero-order valence-electron chi connectivity index (χ0n) is 15.9. The zero-order valence-corrected chi connectivity index (χ0v) is 16.7. The van der Waals surface area contributed by atoms with Crippen LogP contribution in [0.4, 0.5) is 5.95 Å². The smallest absolute Gasteiger partial charge is 0.258 e. The molecule has 0 unspecified atom stereocenters. The van der Waals surface area contributed by atoms with E-state index in [1.54, 1.807) is 42.5 Å². The molecule has 10 heteroatoms. The first-order valence-electron chi connectivity index (χ1n) is 9.55. The minimum absolute atomic E-state index is 0.0628. The second kappa shape index (κ2) is 7.15. The standard InChI is InChI=1S/C20H18N6O3S/c27-19(13-6-2-1-3-7-13)23-20-22-18-17(24-25-20)15-12-14(8-9-16(15)21-18)30(28,29)26-10-4-5-11-26/h1-3,6-9,12H,4-5,10-11H2,(H2,21,22,23,25,27). The van der Waals surface area contributed by atoms with Crippen LogP contribution in [0.1, 0.15) is 23.2 Å². The molecule has 9 nitrogen and oxygen atoms in total. The number of rotatable bonds is 4. The second-order valence-electron chi connectivity index (χ2n) is 7.10. The van der Waals surface area contributed by atoms with E-state index in [2.05, 4.69) is 25.5 Å². The molecule has 0 radical (unpaired) electrons. The number of aromatic amines is 1. The van der Waals surface area contributed by atoms with Crippen LogP contribution >= 0.6 is 0 Å². The van der Waals surface area contributed by atoms with Crippen molar-refractivity contribution in [3.05, 3.63) is 54.1 Å². The van der Waals surface area contributed by atoms with Crippen LogP contribution in [0.2, 0.25) is 0 Å². The molecule has 30 heavy (non-hydrogen) atoms. The Kier molecular flexibility index (Phi) is 4.44. The van der Waals surface area contributed by atoms with Crippen LogP contribution in [0.25, 0.3) is 22.1 Å². The zero-order chi connectivity index (χ0) is 20.7. The summed E-state index contributed by atoms with van der Waals surface area (Å²) in [4.78, 5) is 20.0. The monoisotopic (exact) mass is 422 g/mol. The normalized spacial score (nSPS) is 15.1. The van der Waals surface area contributed by atoms with Gasteiger partial charge < -0.3 is 4.98 Å². The van der Waals surface area contributed by atoms with Crippen molar-refractivity contribution >= 4 is 43.9 Å². The van der Waals surface area contributed by atoms with E-state index in [0.29, 0.717) is 40.7 Å². The first-order valence-corrected chi connectivity index (χ1v) is 11.0. The fourth-order valence-electron chi connectivity index (χ4n) is 3.60. The quantitative estimate of drug-likeness (QED) is 0.521. The molecule has 1 aliphatic heterocycles. The van der Waals surface area contributed by atoms with E-state index >= 15 is 0 Å². The van der Waals surface area contributed by atoms with E-state index in [9.17, 15) is 13.2 Å². The maximum Gasteiger partial charge on any atom is 0.258 e. The van der Waals surface area contributed by atoms with Gasteiger partial charge in [0.25, 0.3) is 11.9 Å². The lowest BCUT2D eigenvalue weighted by atomic mass is 10.2. The number of anilines is 1. The highest BCUT2D eigenvalue weighted by atomic mass is 32.2. The Morgan fingerprint density at radius 1 is 1.03 bits per heavy atom.